The molecule has 41 heavy (non-hydrogen) atoms. The van der Waals surface area contributed by atoms with Crippen LogP contribution in [0.15, 0.2) is 66.7 Å². The average molecular weight is 564 g/mol. The number of carboxylic acid groups (broad SMARTS) is 2. The predicted molar refractivity (Wildman–Crippen MR) is 155 cm³/mol. The van der Waals surface area contributed by atoms with E-state index in [9.17, 15) is 19.2 Å². The Labute approximate surface area is 239 Å². The summed E-state index contributed by atoms with van der Waals surface area (Å²) in [4.78, 5) is 53.3. The number of Topliss-reactive ketones (excluding diaryl/α,β-unsaturated/α-hetero) is 1. The molecule has 0 spiro atoms. The van der Waals surface area contributed by atoms with Gasteiger partial charge in [-0.25, -0.2) is 14.6 Å². The minimum atomic E-state index is -1.26. The maximum atomic E-state index is 12.7. The number of aryl methyl sites for hydroxylation is 1. The molecule has 1 aliphatic heterocycles. The summed E-state index contributed by atoms with van der Waals surface area (Å²) in [7, 11) is 0. The Balaban J connectivity index is 0.000000507. The summed E-state index contributed by atoms with van der Waals surface area (Å²) in [6.45, 7) is 8.14. The molecule has 1 amide bonds. The molecule has 0 radical (unpaired) electrons. The van der Waals surface area contributed by atoms with E-state index in [1.807, 2.05) is 48.5 Å². The molecule has 3 N–H and O–H groups in total. The number of amides is 1. The SMILES string of the molecule is CCCNC(=O)CN1CCN(Cc2nc3ccccc3n2CCC(=O)c2ccccc2)CC1.O=C(O)/C=C\C(=O)O. The Morgan fingerprint density at radius 3 is 2.12 bits per heavy atom. The van der Waals surface area contributed by atoms with Crippen molar-refractivity contribution in [2.24, 2.45) is 0 Å². The van der Waals surface area contributed by atoms with E-state index in [4.69, 9.17) is 15.2 Å². The summed E-state index contributed by atoms with van der Waals surface area (Å²) in [6.07, 6.45) is 2.51. The van der Waals surface area contributed by atoms with Crippen LogP contribution in [0.25, 0.3) is 11.0 Å². The van der Waals surface area contributed by atoms with E-state index in [-0.39, 0.29) is 11.7 Å². The number of piperazine rings is 1. The first-order valence-electron chi connectivity index (χ1n) is 13.6. The van der Waals surface area contributed by atoms with E-state index in [1.165, 1.54) is 0 Å². The van der Waals surface area contributed by atoms with Gasteiger partial charge in [0.1, 0.15) is 5.82 Å². The van der Waals surface area contributed by atoms with E-state index in [0.29, 0.717) is 31.7 Å². The number of carbonyl (C=O) groups is 4. The van der Waals surface area contributed by atoms with Gasteiger partial charge in [0.05, 0.1) is 24.1 Å². The molecule has 2 heterocycles. The molecule has 4 rings (SSSR count). The van der Waals surface area contributed by atoms with Gasteiger partial charge < -0.3 is 20.1 Å². The molecule has 1 aromatic heterocycles. The van der Waals surface area contributed by atoms with Crippen LogP contribution >= 0.6 is 0 Å². The molecule has 0 atom stereocenters. The number of ketones is 1. The van der Waals surface area contributed by atoms with Gasteiger partial charge in [-0.05, 0) is 18.6 Å². The summed E-state index contributed by atoms with van der Waals surface area (Å²) in [5.74, 6) is -1.27. The molecule has 11 nitrogen and oxygen atoms in total. The quantitative estimate of drug-likeness (QED) is 0.224. The Hall–Kier alpha value is -4.35. The Morgan fingerprint density at radius 1 is 0.878 bits per heavy atom. The van der Waals surface area contributed by atoms with Gasteiger partial charge in [0.2, 0.25) is 5.91 Å². The lowest BCUT2D eigenvalue weighted by Gasteiger charge is -2.34. The standard InChI is InChI=1S/C26H33N5O2.C4H4O4/c1-2-13-27-26(33)20-30-17-15-29(16-18-30)19-25-28-22-10-6-7-11-23(22)31(25)14-12-24(32)21-8-4-3-5-9-21;5-3(6)1-2-4(7)8/h3-11H,2,12-20H2,1H3,(H,27,33);1-2H,(H,5,6)(H,7,8)/b;2-1-. The minimum Gasteiger partial charge on any atom is -0.478 e. The third kappa shape index (κ3) is 10.3. The molecule has 2 aromatic carbocycles. The second-order valence-corrected chi connectivity index (χ2v) is 9.62. The summed E-state index contributed by atoms with van der Waals surface area (Å²) in [5, 5.41) is 18.6. The highest BCUT2D eigenvalue weighted by Gasteiger charge is 2.21. The van der Waals surface area contributed by atoms with Crippen molar-refractivity contribution in [3.63, 3.8) is 0 Å². The number of hydrogen-bond donors (Lipinski definition) is 3. The van der Waals surface area contributed by atoms with Gasteiger partial charge in [-0.2, -0.15) is 0 Å². The number of aromatic nitrogens is 2. The van der Waals surface area contributed by atoms with Crippen LogP contribution in [0, 0.1) is 0 Å². The van der Waals surface area contributed by atoms with Crippen LogP contribution in [0.5, 0.6) is 0 Å². The second-order valence-electron chi connectivity index (χ2n) is 9.62. The van der Waals surface area contributed by atoms with Crippen molar-refractivity contribution in [2.45, 2.75) is 32.9 Å². The third-order valence-electron chi connectivity index (χ3n) is 6.53. The number of carboxylic acids is 2. The molecule has 1 saturated heterocycles. The summed E-state index contributed by atoms with van der Waals surface area (Å²) in [6, 6.07) is 17.6. The fraction of sp³-hybridized carbons (Fsp3) is 0.367. The topological polar surface area (TPSA) is 145 Å². The minimum absolute atomic E-state index is 0.107. The van der Waals surface area contributed by atoms with E-state index in [2.05, 4.69) is 32.7 Å². The molecular formula is C30H37N5O6. The van der Waals surface area contributed by atoms with Crippen LogP contribution in [0.4, 0.5) is 0 Å². The zero-order chi connectivity index (χ0) is 29.6. The fourth-order valence-electron chi connectivity index (χ4n) is 4.45. The lowest BCUT2D eigenvalue weighted by molar-refractivity contribution is -0.134. The van der Waals surface area contributed by atoms with Gasteiger partial charge in [0.15, 0.2) is 5.78 Å². The number of fused-ring (bicyclic) bond motifs is 1. The van der Waals surface area contributed by atoms with Crippen molar-refractivity contribution >= 4 is 34.7 Å². The predicted octanol–water partition coefficient (Wildman–Crippen LogP) is 2.66. The van der Waals surface area contributed by atoms with Gasteiger partial charge in [-0.1, -0.05) is 49.4 Å². The number of nitrogens with one attached hydrogen (secondary N) is 1. The normalized spacial score (nSPS) is 14.0. The first-order chi connectivity index (χ1) is 19.8. The number of hydrogen-bond acceptors (Lipinski definition) is 7. The molecule has 1 fully saturated rings. The van der Waals surface area contributed by atoms with Crippen molar-refractivity contribution in [3.8, 4) is 0 Å². The molecular weight excluding hydrogens is 526 g/mol. The van der Waals surface area contributed by atoms with E-state index < -0.39 is 11.9 Å². The molecule has 3 aromatic rings. The molecule has 0 aliphatic carbocycles. The zero-order valence-corrected chi connectivity index (χ0v) is 23.2. The van der Waals surface area contributed by atoms with Crippen molar-refractivity contribution in [2.75, 3.05) is 39.3 Å². The highest BCUT2D eigenvalue weighted by Crippen LogP contribution is 2.19. The Bertz CT molecular complexity index is 1330. The third-order valence-corrected chi connectivity index (χ3v) is 6.53. The van der Waals surface area contributed by atoms with Gasteiger partial charge in [0.25, 0.3) is 0 Å². The maximum Gasteiger partial charge on any atom is 0.328 e. The highest BCUT2D eigenvalue weighted by molar-refractivity contribution is 5.96. The van der Waals surface area contributed by atoms with E-state index in [1.54, 1.807) is 0 Å². The van der Waals surface area contributed by atoms with Crippen LogP contribution < -0.4 is 5.32 Å². The number of imidazole rings is 1. The van der Waals surface area contributed by atoms with E-state index in [0.717, 1.165) is 68.1 Å². The van der Waals surface area contributed by atoms with Gasteiger partial charge in [-0.3, -0.25) is 19.4 Å². The smallest absolute Gasteiger partial charge is 0.328 e. The Morgan fingerprint density at radius 2 is 1.49 bits per heavy atom. The Kier molecular flexibility index (Phi) is 12.2. The summed E-state index contributed by atoms with van der Waals surface area (Å²) >= 11 is 0. The average Bonchev–Trinajstić information content (AvgIpc) is 3.32. The first-order valence-corrected chi connectivity index (χ1v) is 13.6. The van der Waals surface area contributed by atoms with E-state index >= 15 is 0 Å². The first kappa shape index (κ1) is 31.2. The van der Waals surface area contributed by atoms with Crippen LogP contribution in [-0.4, -0.2) is 92.5 Å². The van der Waals surface area contributed by atoms with Crippen LogP contribution in [-0.2, 0) is 27.5 Å². The lowest BCUT2D eigenvalue weighted by atomic mass is 10.1. The number of benzene rings is 2. The van der Waals surface area contributed by atoms with Gasteiger partial charge >= 0.3 is 11.9 Å². The zero-order valence-electron chi connectivity index (χ0n) is 23.2. The fourth-order valence-corrected chi connectivity index (χ4v) is 4.45. The van der Waals surface area contributed by atoms with Crippen molar-refractivity contribution in [3.05, 3.63) is 78.1 Å². The van der Waals surface area contributed by atoms with Gasteiger partial charge in [0, 0.05) is 63.4 Å². The molecule has 0 unspecified atom stereocenters. The number of rotatable bonds is 12. The van der Waals surface area contributed by atoms with Gasteiger partial charge in [-0.15, -0.1) is 0 Å². The van der Waals surface area contributed by atoms with Crippen LogP contribution in [0.3, 0.4) is 0 Å². The largest absolute Gasteiger partial charge is 0.478 e. The van der Waals surface area contributed by atoms with Crippen LogP contribution in [0.2, 0.25) is 0 Å². The number of nitrogens with zero attached hydrogens (tertiary/aromatic N) is 4. The number of carbonyl (C=O) groups excluding carboxylic acids is 2. The van der Waals surface area contributed by atoms with Crippen molar-refractivity contribution in [1.29, 1.82) is 0 Å². The van der Waals surface area contributed by atoms with Crippen molar-refractivity contribution in [1.82, 2.24) is 24.7 Å². The molecule has 0 bridgehead atoms. The molecule has 0 saturated carbocycles. The maximum absolute atomic E-state index is 12.7. The van der Waals surface area contributed by atoms with Crippen LogP contribution in [0.1, 0.15) is 35.9 Å². The number of para-hydroxylation sites is 2. The summed E-state index contributed by atoms with van der Waals surface area (Å²) in [5.41, 5.74) is 2.79. The second kappa shape index (κ2) is 16.0. The monoisotopic (exact) mass is 563 g/mol. The summed E-state index contributed by atoms with van der Waals surface area (Å²) < 4.78 is 2.20. The lowest BCUT2D eigenvalue weighted by Crippen LogP contribution is -2.49. The van der Waals surface area contributed by atoms with Crippen molar-refractivity contribution < 1.29 is 29.4 Å². The number of aliphatic carboxylic acids is 2. The highest BCUT2D eigenvalue weighted by atomic mass is 16.4. The molecule has 11 heteroatoms. The molecule has 218 valence electrons. The molecule has 1 aliphatic rings.